The van der Waals surface area contributed by atoms with E-state index < -0.39 is 0 Å². The summed E-state index contributed by atoms with van der Waals surface area (Å²) < 4.78 is 0. The second-order valence-corrected chi connectivity index (χ2v) is 3.32. The normalized spacial score (nSPS) is 18.1. The second kappa shape index (κ2) is 6.89. The summed E-state index contributed by atoms with van der Waals surface area (Å²) in [6, 6.07) is 0.553. The van der Waals surface area contributed by atoms with Gasteiger partial charge in [0.25, 0.3) is 0 Å². The molecule has 1 rings (SSSR count). The van der Waals surface area contributed by atoms with Gasteiger partial charge in [-0.1, -0.05) is 13.8 Å². The average molecular weight is 186 g/mol. The quantitative estimate of drug-likeness (QED) is 0.611. The van der Waals surface area contributed by atoms with Gasteiger partial charge in [0.15, 0.2) is 0 Å². The second-order valence-electron chi connectivity index (χ2n) is 3.32. The van der Waals surface area contributed by atoms with Gasteiger partial charge >= 0.3 is 0 Å². The van der Waals surface area contributed by atoms with E-state index in [0.29, 0.717) is 6.04 Å². The standard InChI is InChI=1S/C8H16N2O.C2H6/c1-8(2)10-5-3-4-9(6-10)7-11;1-2/h7-8H,3-6H2,1-2H3;1-2H3. The molecular weight excluding hydrogens is 164 g/mol. The Morgan fingerprint density at radius 1 is 1.23 bits per heavy atom. The van der Waals surface area contributed by atoms with Crippen molar-refractivity contribution in [3.63, 3.8) is 0 Å². The highest BCUT2D eigenvalue weighted by atomic mass is 16.1. The minimum atomic E-state index is 0.553. The Morgan fingerprint density at radius 3 is 2.31 bits per heavy atom. The first-order chi connectivity index (χ1) is 6.24. The number of carbonyl (C=O) groups excluding carboxylic acids is 1. The molecule has 1 amide bonds. The van der Waals surface area contributed by atoms with Gasteiger partial charge in [0.1, 0.15) is 0 Å². The van der Waals surface area contributed by atoms with Crippen LogP contribution in [-0.2, 0) is 4.79 Å². The molecule has 0 atom stereocenters. The molecule has 0 saturated carbocycles. The van der Waals surface area contributed by atoms with E-state index >= 15 is 0 Å². The minimum Gasteiger partial charge on any atom is -0.332 e. The molecule has 0 spiro atoms. The maximum absolute atomic E-state index is 10.4. The molecule has 0 radical (unpaired) electrons. The monoisotopic (exact) mass is 186 g/mol. The van der Waals surface area contributed by atoms with E-state index in [4.69, 9.17) is 0 Å². The lowest BCUT2D eigenvalue weighted by molar-refractivity contribution is -0.122. The molecule has 0 aromatic rings. The number of nitrogens with zero attached hydrogens (tertiary/aromatic N) is 2. The van der Waals surface area contributed by atoms with Crippen molar-refractivity contribution in [2.75, 3.05) is 19.8 Å². The molecule has 3 nitrogen and oxygen atoms in total. The number of hydrogen-bond acceptors (Lipinski definition) is 2. The van der Waals surface area contributed by atoms with Gasteiger partial charge < -0.3 is 4.90 Å². The smallest absolute Gasteiger partial charge is 0.210 e. The van der Waals surface area contributed by atoms with Crippen LogP contribution in [0.25, 0.3) is 0 Å². The summed E-state index contributed by atoms with van der Waals surface area (Å²) >= 11 is 0. The highest BCUT2D eigenvalue weighted by Gasteiger charge is 2.17. The number of carbonyl (C=O) groups is 1. The number of rotatable bonds is 2. The van der Waals surface area contributed by atoms with Gasteiger partial charge in [-0.15, -0.1) is 0 Å². The average Bonchev–Trinajstić information content (AvgIpc) is 2.21. The van der Waals surface area contributed by atoms with E-state index in [-0.39, 0.29) is 0 Å². The van der Waals surface area contributed by atoms with Crippen LogP contribution < -0.4 is 0 Å². The van der Waals surface area contributed by atoms with E-state index in [1.54, 1.807) is 0 Å². The maximum Gasteiger partial charge on any atom is 0.210 e. The highest BCUT2D eigenvalue weighted by Crippen LogP contribution is 2.06. The van der Waals surface area contributed by atoms with Crippen molar-refractivity contribution in [2.45, 2.75) is 40.2 Å². The Bertz CT molecular complexity index is 137. The fraction of sp³-hybridized carbons (Fsp3) is 0.900. The van der Waals surface area contributed by atoms with Crippen molar-refractivity contribution >= 4 is 6.41 Å². The van der Waals surface area contributed by atoms with Crippen LogP contribution in [0.15, 0.2) is 0 Å². The number of hydrogen-bond donors (Lipinski definition) is 0. The van der Waals surface area contributed by atoms with Crippen LogP contribution in [0.2, 0.25) is 0 Å². The molecule has 0 N–H and O–H groups in total. The van der Waals surface area contributed by atoms with Crippen LogP contribution in [-0.4, -0.2) is 42.0 Å². The van der Waals surface area contributed by atoms with Crippen molar-refractivity contribution in [1.29, 1.82) is 0 Å². The molecule has 0 aliphatic carbocycles. The first-order valence-corrected chi connectivity index (χ1v) is 5.17. The summed E-state index contributed by atoms with van der Waals surface area (Å²) in [4.78, 5) is 14.6. The van der Waals surface area contributed by atoms with Crippen LogP contribution in [0, 0.1) is 0 Å². The Kier molecular flexibility index (Phi) is 6.59. The molecule has 0 bridgehead atoms. The first kappa shape index (κ1) is 12.4. The molecule has 1 fully saturated rings. The van der Waals surface area contributed by atoms with Crippen molar-refractivity contribution in [1.82, 2.24) is 9.80 Å². The summed E-state index contributed by atoms with van der Waals surface area (Å²) in [6.45, 7) is 11.2. The molecule has 0 aromatic carbocycles. The highest BCUT2D eigenvalue weighted by molar-refractivity contribution is 5.46. The third-order valence-electron chi connectivity index (χ3n) is 2.13. The van der Waals surface area contributed by atoms with Gasteiger partial charge in [-0.05, 0) is 20.3 Å². The van der Waals surface area contributed by atoms with E-state index in [1.807, 2.05) is 18.7 Å². The molecule has 0 unspecified atom stereocenters. The molecule has 0 aromatic heterocycles. The summed E-state index contributed by atoms with van der Waals surface area (Å²) in [5, 5.41) is 0. The minimum absolute atomic E-state index is 0.553. The molecule has 1 saturated heterocycles. The zero-order valence-corrected chi connectivity index (χ0v) is 9.29. The molecule has 3 heteroatoms. The van der Waals surface area contributed by atoms with Crippen LogP contribution in [0.3, 0.4) is 0 Å². The lowest BCUT2D eigenvalue weighted by atomic mass is 10.2. The Morgan fingerprint density at radius 2 is 1.85 bits per heavy atom. The van der Waals surface area contributed by atoms with Crippen molar-refractivity contribution in [2.24, 2.45) is 0 Å². The van der Waals surface area contributed by atoms with Gasteiger partial charge in [0, 0.05) is 19.1 Å². The van der Waals surface area contributed by atoms with Gasteiger partial charge in [-0.2, -0.15) is 0 Å². The lowest BCUT2D eigenvalue weighted by Crippen LogP contribution is -2.46. The molecule has 1 heterocycles. The SMILES string of the molecule is CC.CC(C)N1CCCN(C=O)C1. The topological polar surface area (TPSA) is 23.6 Å². The van der Waals surface area contributed by atoms with E-state index in [0.717, 1.165) is 32.6 Å². The summed E-state index contributed by atoms with van der Waals surface area (Å²) in [5.74, 6) is 0. The van der Waals surface area contributed by atoms with Crippen molar-refractivity contribution in [3.8, 4) is 0 Å². The van der Waals surface area contributed by atoms with Gasteiger partial charge in [0.2, 0.25) is 6.41 Å². The number of amides is 1. The molecular formula is C10H22N2O. The molecule has 78 valence electrons. The first-order valence-electron chi connectivity index (χ1n) is 5.17. The fourth-order valence-electron chi connectivity index (χ4n) is 1.36. The van der Waals surface area contributed by atoms with Crippen LogP contribution >= 0.6 is 0 Å². The van der Waals surface area contributed by atoms with E-state index in [1.165, 1.54) is 0 Å². The van der Waals surface area contributed by atoms with Crippen LogP contribution in [0.1, 0.15) is 34.1 Å². The zero-order valence-electron chi connectivity index (χ0n) is 9.29. The Hall–Kier alpha value is -0.570. The Labute approximate surface area is 81.7 Å². The van der Waals surface area contributed by atoms with Crippen molar-refractivity contribution < 1.29 is 4.79 Å². The van der Waals surface area contributed by atoms with Gasteiger partial charge in [-0.25, -0.2) is 0 Å². The van der Waals surface area contributed by atoms with Crippen LogP contribution in [0.4, 0.5) is 0 Å². The van der Waals surface area contributed by atoms with E-state index in [9.17, 15) is 4.79 Å². The summed E-state index contributed by atoms with van der Waals surface area (Å²) in [7, 11) is 0. The van der Waals surface area contributed by atoms with Gasteiger partial charge in [-0.3, -0.25) is 9.69 Å². The summed E-state index contributed by atoms with van der Waals surface area (Å²) in [6.07, 6.45) is 2.05. The zero-order chi connectivity index (χ0) is 10.3. The van der Waals surface area contributed by atoms with Crippen molar-refractivity contribution in [3.05, 3.63) is 0 Å². The third-order valence-corrected chi connectivity index (χ3v) is 2.13. The largest absolute Gasteiger partial charge is 0.332 e. The Balaban J connectivity index is 0.000000671. The fourth-order valence-corrected chi connectivity index (χ4v) is 1.36. The molecule has 1 aliphatic heterocycles. The maximum atomic E-state index is 10.4. The van der Waals surface area contributed by atoms with E-state index in [2.05, 4.69) is 18.7 Å². The predicted molar refractivity (Wildman–Crippen MR) is 55.4 cm³/mol. The molecule has 1 aliphatic rings. The summed E-state index contributed by atoms with van der Waals surface area (Å²) in [5.41, 5.74) is 0. The lowest BCUT2D eigenvalue weighted by Gasteiger charge is -2.35. The van der Waals surface area contributed by atoms with Gasteiger partial charge in [0.05, 0.1) is 6.67 Å². The molecule has 13 heavy (non-hydrogen) atoms. The predicted octanol–water partition coefficient (Wildman–Crippen LogP) is 1.54. The van der Waals surface area contributed by atoms with Crippen LogP contribution in [0.5, 0.6) is 0 Å². The third kappa shape index (κ3) is 4.27.